The summed E-state index contributed by atoms with van der Waals surface area (Å²) < 4.78 is 0. The predicted octanol–water partition coefficient (Wildman–Crippen LogP) is -3.65. The third-order valence-electron chi connectivity index (χ3n) is 2.12. The molecule has 0 bridgehead atoms. The molecule has 0 aromatic rings. The van der Waals surface area contributed by atoms with Gasteiger partial charge < -0.3 is 31.9 Å². The van der Waals surface area contributed by atoms with Gasteiger partial charge in [0, 0.05) is 0 Å². The van der Waals surface area contributed by atoms with E-state index in [4.69, 9.17) is 31.9 Å². The topological polar surface area (TPSA) is 133 Å². The fourth-order valence-electron chi connectivity index (χ4n) is 0.730. The van der Waals surface area contributed by atoms with Crippen LogP contribution in [0.1, 0.15) is 0 Å². The van der Waals surface area contributed by atoms with Gasteiger partial charge in [-0.15, -0.1) is 0 Å². The van der Waals surface area contributed by atoms with Crippen LogP contribution in [-0.4, -0.2) is 57.9 Å². The van der Waals surface area contributed by atoms with Crippen LogP contribution in [0, 0.1) is 0 Å². The maximum atomic E-state index is 8.80. The molecule has 0 aromatic carbocycles. The SMILES string of the molecule is NC(CO)(CO)C(N)(CO)CO. The lowest BCUT2D eigenvalue weighted by molar-refractivity contribution is -0.00223. The molecule has 0 saturated heterocycles. The van der Waals surface area contributed by atoms with Crippen molar-refractivity contribution in [1.29, 1.82) is 0 Å². The Morgan fingerprint density at radius 3 is 0.917 bits per heavy atom. The number of nitrogens with two attached hydrogens (primary N) is 2. The zero-order valence-electron chi connectivity index (χ0n) is 6.77. The van der Waals surface area contributed by atoms with Crippen molar-refractivity contribution in [2.75, 3.05) is 26.4 Å². The Hall–Kier alpha value is -0.240. The first-order valence-electron chi connectivity index (χ1n) is 3.51. The van der Waals surface area contributed by atoms with Gasteiger partial charge in [-0.3, -0.25) is 0 Å². The van der Waals surface area contributed by atoms with Gasteiger partial charge >= 0.3 is 0 Å². The third-order valence-corrected chi connectivity index (χ3v) is 2.12. The van der Waals surface area contributed by atoms with Gasteiger partial charge in [0.2, 0.25) is 0 Å². The highest BCUT2D eigenvalue weighted by atomic mass is 16.3. The summed E-state index contributed by atoms with van der Waals surface area (Å²) in [6.45, 7) is -2.44. The molecular formula is C6H16N2O4. The summed E-state index contributed by atoms with van der Waals surface area (Å²) in [4.78, 5) is 0. The second-order valence-electron chi connectivity index (χ2n) is 2.94. The van der Waals surface area contributed by atoms with E-state index in [9.17, 15) is 0 Å². The highest BCUT2D eigenvalue weighted by Gasteiger charge is 2.44. The number of aliphatic hydroxyl groups is 4. The first-order valence-corrected chi connectivity index (χ1v) is 3.51. The van der Waals surface area contributed by atoms with E-state index in [1.54, 1.807) is 0 Å². The van der Waals surface area contributed by atoms with Gasteiger partial charge in [0.25, 0.3) is 0 Å². The molecule has 0 amide bonds. The monoisotopic (exact) mass is 180 g/mol. The minimum Gasteiger partial charge on any atom is -0.394 e. The van der Waals surface area contributed by atoms with Gasteiger partial charge in [-0.1, -0.05) is 0 Å². The summed E-state index contributed by atoms with van der Waals surface area (Å²) in [6.07, 6.45) is 0. The lowest BCUT2D eigenvalue weighted by atomic mass is 9.80. The summed E-state index contributed by atoms with van der Waals surface area (Å²) in [5.74, 6) is 0. The van der Waals surface area contributed by atoms with E-state index in [0.717, 1.165) is 0 Å². The van der Waals surface area contributed by atoms with Crippen LogP contribution in [-0.2, 0) is 0 Å². The molecule has 6 nitrogen and oxygen atoms in total. The average Bonchev–Trinajstić information content (AvgIpc) is 2.15. The quantitative estimate of drug-likeness (QED) is 0.258. The molecule has 0 aliphatic carbocycles. The molecule has 8 N–H and O–H groups in total. The van der Waals surface area contributed by atoms with E-state index < -0.39 is 37.5 Å². The van der Waals surface area contributed by atoms with Gasteiger partial charge in [0.05, 0.1) is 37.5 Å². The highest BCUT2D eigenvalue weighted by molar-refractivity contribution is 5.06. The largest absolute Gasteiger partial charge is 0.394 e. The van der Waals surface area contributed by atoms with Crippen LogP contribution in [0.15, 0.2) is 0 Å². The van der Waals surface area contributed by atoms with Gasteiger partial charge in [0.15, 0.2) is 0 Å². The van der Waals surface area contributed by atoms with Crippen molar-refractivity contribution in [1.82, 2.24) is 0 Å². The highest BCUT2D eigenvalue weighted by Crippen LogP contribution is 2.15. The van der Waals surface area contributed by atoms with E-state index in [1.807, 2.05) is 0 Å². The average molecular weight is 180 g/mol. The number of hydrogen-bond donors (Lipinski definition) is 6. The molecule has 0 aromatic heterocycles. The maximum Gasteiger partial charge on any atom is 0.0850 e. The maximum absolute atomic E-state index is 8.80. The second-order valence-corrected chi connectivity index (χ2v) is 2.94. The van der Waals surface area contributed by atoms with Crippen molar-refractivity contribution in [3.63, 3.8) is 0 Å². The Bertz CT molecular complexity index is 118. The molecule has 0 aliphatic heterocycles. The van der Waals surface area contributed by atoms with Crippen molar-refractivity contribution in [3.05, 3.63) is 0 Å². The molecule has 0 spiro atoms. The summed E-state index contributed by atoms with van der Waals surface area (Å²) in [7, 11) is 0. The van der Waals surface area contributed by atoms with Crippen LogP contribution in [0.4, 0.5) is 0 Å². The van der Waals surface area contributed by atoms with Crippen LogP contribution in [0.5, 0.6) is 0 Å². The van der Waals surface area contributed by atoms with Crippen molar-refractivity contribution in [2.24, 2.45) is 11.5 Å². The summed E-state index contributed by atoms with van der Waals surface area (Å²) >= 11 is 0. The van der Waals surface area contributed by atoms with Gasteiger partial charge in [-0.2, -0.15) is 0 Å². The minimum atomic E-state index is -1.57. The number of rotatable bonds is 5. The van der Waals surface area contributed by atoms with Crippen LogP contribution < -0.4 is 11.5 Å². The molecule has 0 atom stereocenters. The molecule has 74 valence electrons. The lowest BCUT2D eigenvalue weighted by Gasteiger charge is -2.41. The lowest BCUT2D eigenvalue weighted by Crippen LogP contribution is -2.73. The molecule has 0 rings (SSSR count). The summed E-state index contributed by atoms with van der Waals surface area (Å²) in [5.41, 5.74) is 7.76. The van der Waals surface area contributed by atoms with Crippen molar-refractivity contribution in [3.8, 4) is 0 Å². The first-order chi connectivity index (χ1) is 5.49. The van der Waals surface area contributed by atoms with E-state index in [2.05, 4.69) is 0 Å². The van der Waals surface area contributed by atoms with E-state index in [1.165, 1.54) is 0 Å². The Balaban J connectivity index is 4.66. The summed E-state index contributed by atoms with van der Waals surface area (Å²) in [6, 6.07) is 0. The van der Waals surface area contributed by atoms with Crippen molar-refractivity contribution >= 4 is 0 Å². The zero-order chi connectivity index (χ0) is 9.83. The first kappa shape index (κ1) is 11.8. The van der Waals surface area contributed by atoms with Crippen LogP contribution in [0.3, 0.4) is 0 Å². The Kier molecular flexibility index (Phi) is 4.04. The van der Waals surface area contributed by atoms with Crippen molar-refractivity contribution in [2.45, 2.75) is 11.1 Å². The van der Waals surface area contributed by atoms with Gasteiger partial charge in [0.1, 0.15) is 0 Å². The molecule has 0 saturated carbocycles. The van der Waals surface area contributed by atoms with Crippen molar-refractivity contribution < 1.29 is 20.4 Å². The predicted molar refractivity (Wildman–Crippen MR) is 42.2 cm³/mol. The Labute approximate surface area is 70.4 Å². The van der Waals surface area contributed by atoms with E-state index in [-0.39, 0.29) is 0 Å². The smallest absolute Gasteiger partial charge is 0.0850 e. The number of aliphatic hydroxyl groups excluding tert-OH is 4. The normalized spacial score (nSPS) is 13.5. The number of hydrogen-bond acceptors (Lipinski definition) is 6. The van der Waals surface area contributed by atoms with Crippen LogP contribution in [0.2, 0.25) is 0 Å². The van der Waals surface area contributed by atoms with E-state index in [0.29, 0.717) is 0 Å². The minimum absolute atomic E-state index is 0.610. The van der Waals surface area contributed by atoms with Crippen LogP contribution in [0.25, 0.3) is 0 Å². The van der Waals surface area contributed by atoms with Gasteiger partial charge in [-0.25, -0.2) is 0 Å². The fraction of sp³-hybridized carbons (Fsp3) is 1.00. The standard InChI is InChI=1S/C6H16N2O4/c7-5(1-9,2-10)6(8,3-11)4-12/h9-12H,1-4,7-8H2. The Morgan fingerprint density at radius 2 is 0.833 bits per heavy atom. The van der Waals surface area contributed by atoms with E-state index >= 15 is 0 Å². The molecule has 6 heteroatoms. The molecule has 0 unspecified atom stereocenters. The molecule has 0 heterocycles. The third kappa shape index (κ3) is 1.74. The molecule has 0 aliphatic rings. The summed E-state index contributed by atoms with van der Waals surface area (Å²) in [5, 5.41) is 35.2. The Morgan fingerprint density at radius 1 is 0.667 bits per heavy atom. The van der Waals surface area contributed by atoms with Gasteiger partial charge in [-0.05, 0) is 0 Å². The molecule has 0 fully saturated rings. The fourth-order valence-corrected chi connectivity index (χ4v) is 0.730. The second kappa shape index (κ2) is 4.13. The molecule has 0 radical (unpaired) electrons. The van der Waals surface area contributed by atoms with Crippen LogP contribution >= 0.6 is 0 Å². The molecular weight excluding hydrogens is 164 g/mol. The zero-order valence-corrected chi connectivity index (χ0v) is 6.77. The molecule has 12 heavy (non-hydrogen) atoms.